The first-order valence-corrected chi connectivity index (χ1v) is 18.0. The first-order valence-electron chi connectivity index (χ1n) is 13.5. The summed E-state index contributed by atoms with van der Waals surface area (Å²) >= 11 is 0. The van der Waals surface area contributed by atoms with Gasteiger partial charge in [-0.1, -0.05) is 24.3 Å². The molecule has 6 N–H and O–H groups in total. The third kappa shape index (κ3) is 9.82. The molecular formula is C23H33N4O16P3. The quantitative estimate of drug-likeness (QED) is 0.118. The number of esters is 1. The molecule has 2 fully saturated rings. The molecular weight excluding hydrogens is 681 g/mol. The Labute approximate surface area is 260 Å². The highest BCUT2D eigenvalue weighted by atomic mass is 31.3. The number of phosphoric acid groups is 3. The molecule has 0 amide bonds. The van der Waals surface area contributed by atoms with Crippen LogP contribution in [0.25, 0.3) is 11.1 Å². The molecule has 46 heavy (non-hydrogen) atoms. The van der Waals surface area contributed by atoms with E-state index in [4.69, 9.17) is 19.3 Å². The number of phosphoric ester groups is 1. The van der Waals surface area contributed by atoms with Crippen LogP contribution >= 0.6 is 23.5 Å². The molecule has 0 aliphatic carbocycles. The Morgan fingerprint density at radius 3 is 2.33 bits per heavy atom. The van der Waals surface area contributed by atoms with Crippen molar-refractivity contribution >= 4 is 29.4 Å². The van der Waals surface area contributed by atoms with Crippen molar-refractivity contribution in [2.45, 2.75) is 37.5 Å². The van der Waals surface area contributed by atoms with E-state index in [2.05, 4.69) is 18.1 Å². The molecule has 256 valence electrons. The summed E-state index contributed by atoms with van der Waals surface area (Å²) in [6.07, 6.45) is -3.45. The summed E-state index contributed by atoms with van der Waals surface area (Å²) < 4.78 is 58.2. The van der Waals surface area contributed by atoms with Gasteiger partial charge < -0.3 is 39.1 Å². The Hall–Kier alpha value is -2.38. The van der Waals surface area contributed by atoms with Gasteiger partial charge in [0.25, 0.3) is 5.56 Å². The lowest BCUT2D eigenvalue weighted by atomic mass is 10.0. The number of nitrogens with one attached hydrogen (secondary N) is 1. The Morgan fingerprint density at radius 1 is 1.02 bits per heavy atom. The van der Waals surface area contributed by atoms with Gasteiger partial charge in [-0.3, -0.25) is 28.6 Å². The molecule has 0 radical (unpaired) electrons. The minimum absolute atomic E-state index is 0.0473. The van der Waals surface area contributed by atoms with Crippen LogP contribution in [-0.2, 0) is 41.1 Å². The number of likely N-dealkylation sites (N-methyl/N-ethyl adjacent to an activating group) is 1. The van der Waals surface area contributed by atoms with Crippen molar-refractivity contribution < 1.29 is 65.8 Å². The summed E-state index contributed by atoms with van der Waals surface area (Å²) in [7, 11) is -13.0. The number of aromatic amines is 1. The highest BCUT2D eigenvalue weighted by Crippen LogP contribution is 2.66. The maximum absolute atomic E-state index is 12.7. The summed E-state index contributed by atoms with van der Waals surface area (Å²) in [6, 6.07) is 6.59. The Kier molecular flexibility index (Phi) is 11.4. The fourth-order valence-electron chi connectivity index (χ4n) is 4.69. The number of aliphatic hydroxyl groups is 1. The van der Waals surface area contributed by atoms with Gasteiger partial charge in [0.05, 0.1) is 24.7 Å². The highest BCUT2D eigenvalue weighted by Gasteiger charge is 2.43. The van der Waals surface area contributed by atoms with Crippen molar-refractivity contribution in [3.8, 4) is 11.1 Å². The van der Waals surface area contributed by atoms with Crippen LogP contribution in [0.5, 0.6) is 0 Å². The van der Waals surface area contributed by atoms with Crippen molar-refractivity contribution in [3.05, 3.63) is 56.9 Å². The number of hydrogen-bond donors (Lipinski definition) is 6. The van der Waals surface area contributed by atoms with Crippen molar-refractivity contribution in [1.82, 2.24) is 19.4 Å². The average molecular weight is 714 g/mol. The SMILES string of the molecule is CN(C)CCN1CCC(=O)OC1c1ccc(-c2cn([C@H]3C[C@@H](O)[C@@H](COP(=O)(O)OP(=O)(O)OP(=O)(O)O)O3)c(=O)[nH]c2=O)cc1. The van der Waals surface area contributed by atoms with Crippen LogP contribution in [0.15, 0.2) is 40.1 Å². The number of benzene rings is 1. The minimum atomic E-state index is -5.75. The number of rotatable bonds is 13. The second-order valence-corrected chi connectivity index (χ2v) is 15.0. The predicted molar refractivity (Wildman–Crippen MR) is 155 cm³/mol. The van der Waals surface area contributed by atoms with Crippen LogP contribution in [0.1, 0.15) is 30.9 Å². The molecule has 3 heterocycles. The van der Waals surface area contributed by atoms with E-state index in [1.807, 2.05) is 23.9 Å². The molecule has 2 saturated heterocycles. The molecule has 0 spiro atoms. The summed E-state index contributed by atoms with van der Waals surface area (Å²) in [5.74, 6) is -0.335. The van der Waals surface area contributed by atoms with Gasteiger partial charge in [-0.05, 0) is 19.7 Å². The van der Waals surface area contributed by atoms with E-state index < -0.39 is 66.0 Å². The van der Waals surface area contributed by atoms with E-state index in [1.54, 1.807) is 24.3 Å². The standard InChI is InChI=1S/C23H33N4O16P3/c1-25(2)9-10-26-8-7-20(29)41-22(26)15-5-3-14(4-6-15)16-12-27(23(31)24-21(16)30)19-11-17(28)18(40-19)13-39-45(35,36)43-46(37,38)42-44(32,33)34/h3-6,12,17-19,22,28H,7-11,13H2,1-2H3,(H,35,36)(H,37,38)(H,24,30,31)(H2,32,33,34)/t17-,18-,19-,22?/m1/s1. The number of hydrogen-bond acceptors (Lipinski definition) is 14. The minimum Gasteiger partial charge on any atom is -0.442 e. The van der Waals surface area contributed by atoms with Gasteiger partial charge in [-0.25, -0.2) is 18.5 Å². The van der Waals surface area contributed by atoms with E-state index in [0.717, 1.165) is 11.1 Å². The zero-order valence-corrected chi connectivity index (χ0v) is 27.0. The Morgan fingerprint density at radius 2 is 1.70 bits per heavy atom. The van der Waals surface area contributed by atoms with Crippen molar-refractivity contribution in [3.63, 3.8) is 0 Å². The van der Waals surface area contributed by atoms with Crippen LogP contribution in [0.2, 0.25) is 0 Å². The Bertz CT molecular complexity index is 1670. The lowest BCUT2D eigenvalue weighted by Crippen LogP contribution is -2.42. The number of carbonyl (C=O) groups is 1. The molecule has 3 unspecified atom stereocenters. The molecule has 1 aromatic heterocycles. The molecule has 0 bridgehead atoms. The summed E-state index contributed by atoms with van der Waals surface area (Å²) in [5, 5.41) is 10.4. The molecule has 2 aliphatic rings. The summed E-state index contributed by atoms with van der Waals surface area (Å²) in [6.45, 7) is 0.955. The average Bonchev–Trinajstić information content (AvgIpc) is 3.29. The predicted octanol–water partition coefficient (Wildman–Crippen LogP) is 0.00440. The lowest BCUT2D eigenvalue weighted by molar-refractivity contribution is -0.170. The van der Waals surface area contributed by atoms with Crippen LogP contribution in [0, 0.1) is 0 Å². The van der Waals surface area contributed by atoms with Gasteiger partial charge in [0.2, 0.25) is 0 Å². The summed E-state index contributed by atoms with van der Waals surface area (Å²) in [4.78, 5) is 79.8. The number of nitrogens with zero attached hydrogens (tertiary/aromatic N) is 3. The third-order valence-corrected chi connectivity index (χ3v) is 10.6. The third-order valence-electron chi connectivity index (χ3n) is 6.82. The van der Waals surface area contributed by atoms with Crippen LogP contribution in [0.4, 0.5) is 0 Å². The van der Waals surface area contributed by atoms with E-state index in [1.165, 1.54) is 6.20 Å². The second kappa shape index (κ2) is 14.4. The van der Waals surface area contributed by atoms with Gasteiger partial charge in [0.15, 0.2) is 6.23 Å². The van der Waals surface area contributed by atoms with Crippen LogP contribution in [-0.4, -0.2) is 103 Å². The normalized spacial score (nSPS) is 25.3. The molecule has 6 atom stereocenters. The zero-order valence-electron chi connectivity index (χ0n) is 24.3. The van der Waals surface area contributed by atoms with Gasteiger partial charge in [-0.2, -0.15) is 8.62 Å². The number of aliphatic hydroxyl groups excluding tert-OH is 1. The molecule has 23 heteroatoms. The highest BCUT2D eigenvalue weighted by molar-refractivity contribution is 7.66. The first kappa shape index (κ1) is 36.5. The van der Waals surface area contributed by atoms with E-state index in [-0.39, 0.29) is 24.4 Å². The first-order chi connectivity index (χ1) is 21.3. The van der Waals surface area contributed by atoms with Crippen molar-refractivity contribution in [2.75, 3.05) is 40.3 Å². The number of ether oxygens (including phenoxy) is 2. The fourth-order valence-corrected chi connectivity index (χ4v) is 7.72. The smallest absolute Gasteiger partial charge is 0.442 e. The maximum atomic E-state index is 12.7. The number of H-pyrrole nitrogens is 1. The second-order valence-electron chi connectivity index (χ2n) is 10.6. The zero-order chi connectivity index (χ0) is 34.0. The molecule has 0 saturated carbocycles. The molecule has 1 aromatic carbocycles. The Balaban J connectivity index is 1.47. The number of cyclic esters (lactones) is 1. The summed E-state index contributed by atoms with van der Waals surface area (Å²) in [5.41, 5.74) is -0.522. The van der Waals surface area contributed by atoms with Gasteiger partial charge in [-0.15, -0.1) is 0 Å². The van der Waals surface area contributed by atoms with E-state index in [0.29, 0.717) is 24.2 Å². The van der Waals surface area contributed by atoms with Crippen LogP contribution < -0.4 is 11.2 Å². The molecule has 4 rings (SSSR count). The maximum Gasteiger partial charge on any atom is 0.490 e. The fraction of sp³-hybridized carbons (Fsp3) is 0.522. The molecule has 2 aliphatic heterocycles. The number of carbonyl (C=O) groups excluding carboxylic acids is 1. The monoisotopic (exact) mass is 714 g/mol. The lowest BCUT2D eigenvalue weighted by Gasteiger charge is -2.35. The molecule has 2 aromatic rings. The van der Waals surface area contributed by atoms with Crippen molar-refractivity contribution in [2.24, 2.45) is 0 Å². The van der Waals surface area contributed by atoms with Gasteiger partial charge >= 0.3 is 35.1 Å². The van der Waals surface area contributed by atoms with E-state index >= 15 is 0 Å². The van der Waals surface area contributed by atoms with E-state index in [9.17, 15) is 43.0 Å². The van der Waals surface area contributed by atoms with Gasteiger partial charge in [0, 0.05) is 37.8 Å². The topological polar surface area (TPSA) is 277 Å². The number of aromatic nitrogens is 2. The van der Waals surface area contributed by atoms with Crippen molar-refractivity contribution in [1.29, 1.82) is 0 Å². The largest absolute Gasteiger partial charge is 0.490 e. The molecule has 20 nitrogen and oxygen atoms in total. The van der Waals surface area contributed by atoms with Crippen LogP contribution in [0.3, 0.4) is 0 Å². The van der Waals surface area contributed by atoms with Gasteiger partial charge in [0.1, 0.15) is 12.3 Å².